The third kappa shape index (κ3) is 2.27. The Balaban J connectivity index is 1.45. The number of anilines is 1. The summed E-state index contributed by atoms with van der Waals surface area (Å²) in [4.78, 5) is 12.5. The van der Waals surface area contributed by atoms with Gasteiger partial charge in [0.25, 0.3) is 0 Å². The molecule has 23 heavy (non-hydrogen) atoms. The van der Waals surface area contributed by atoms with E-state index in [2.05, 4.69) is 5.32 Å². The molecule has 3 fully saturated rings. The average Bonchev–Trinajstić information content (AvgIpc) is 3.16. The van der Waals surface area contributed by atoms with Gasteiger partial charge in [-0.25, -0.2) is 12.7 Å². The van der Waals surface area contributed by atoms with Crippen LogP contribution < -0.4 is 10.1 Å². The normalized spacial score (nSPS) is 32.0. The predicted octanol–water partition coefficient (Wildman–Crippen LogP) is 1.15. The Morgan fingerprint density at radius 1 is 1.35 bits per heavy atom. The molecule has 4 rings (SSSR count). The first kappa shape index (κ1) is 15.3. The Morgan fingerprint density at radius 3 is 2.57 bits per heavy atom. The molecule has 2 atom stereocenters. The van der Waals surface area contributed by atoms with E-state index in [9.17, 15) is 13.2 Å². The summed E-state index contributed by atoms with van der Waals surface area (Å²) >= 11 is 1.85. The summed E-state index contributed by atoms with van der Waals surface area (Å²) < 4.78 is 30.5. The zero-order valence-electron chi connectivity index (χ0n) is 12.7. The van der Waals surface area contributed by atoms with Crippen molar-refractivity contribution in [3.8, 4) is 5.75 Å². The van der Waals surface area contributed by atoms with Crippen LogP contribution in [-0.4, -0.2) is 54.6 Å². The minimum Gasteiger partial charge on any atom is -0.489 e. The predicted molar refractivity (Wildman–Crippen MR) is 89.2 cm³/mol. The topological polar surface area (TPSA) is 75.7 Å². The first-order valence-electron chi connectivity index (χ1n) is 7.55. The van der Waals surface area contributed by atoms with Crippen molar-refractivity contribution in [3.05, 3.63) is 24.3 Å². The van der Waals surface area contributed by atoms with Crippen LogP contribution in [0.1, 0.15) is 6.42 Å². The van der Waals surface area contributed by atoms with Crippen LogP contribution in [0.4, 0.5) is 5.69 Å². The Labute approximate surface area is 139 Å². The summed E-state index contributed by atoms with van der Waals surface area (Å²) in [6.07, 6.45) is 0.692. The van der Waals surface area contributed by atoms with Gasteiger partial charge >= 0.3 is 0 Å². The second-order valence-corrected chi connectivity index (χ2v) is 9.71. The number of thioether (sulfide) groups is 1. The van der Waals surface area contributed by atoms with E-state index in [-0.39, 0.29) is 12.0 Å². The average molecular weight is 354 g/mol. The highest BCUT2D eigenvalue weighted by atomic mass is 32.2. The number of amides is 1. The van der Waals surface area contributed by atoms with E-state index < -0.39 is 20.7 Å². The van der Waals surface area contributed by atoms with Gasteiger partial charge in [0.2, 0.25) is 15.9 Å². The first-order valence-corrected chi connectivity index (χ1v) is 10.1. The van der Waals surface area contributed by atoms with Crippen LogP contribution in [0.2, 0.25) is 0 Å². The maximum atomic E-state index is 12.5. The zero-order chi connectivity index (χ0) is 16.2. The lowest BCUT2D eigenvalue weighted by Gasteiger charge is -2.25. The van der Waals surface area contributed by atoms with Crippen molar-refractivity contribution in [1.82, 2.24) is 4.31 Å². The van der Waals surface area contributed by atoms with E-state index in [0.717, 1.165) is 17.3 Å². The largest absolute Gasteiger partial charge is 0.489 e. The van der Waals surface area contributed by atoms with Gasteiger partial charge in [-0.15, -0.1) is 0 Å². The number of benzene rings is 1. The molecule has 0 radical (unpaired) electrons. The molecule has 2 aliphatic heterocycles. The van der Waals surface area contributed by atoms with Crippen molar-refractivity contribution in [1.29, 1.82) is 0 Å². The van der Waals surface area contributed by atoms with Crippen molar-refractivity contribution >= 4 is 33.4 Å². The summed E-state index contributed by atoms with van der Waals surface area (Å²) in [5, 5.41) is 2.75. The van der Waals surface area contributed by atoms with Crippen LogP contribution in [0.3, 0.4) is 0 Å². The van der Waals surface area contributed by atoms with E-state index in [1.165, 1.54) is 11.4 Å². The highest BCUT2D eigenvalue weighted by Gasteiger charge is 2.74. The van der Waals surface area contributed by atoms with Crippen molar-refractivity contribution in [2.45, 2.75) is 17.3 Å². The molecule has 1 saturated carbocycles. The molecular formula is C15H18N2O4S2. The lowest BCUT2D eigenvalue weighted by Crippen LogP contribution is -2.40. The number of fused-ring (bicyclic) bond motifs is 1. The van der Waals surface area contributed by atoms with Crippen molar-refractivity contribution in [3.63, 3.8) is 0 Å². The number of carbonyl (C=O) groups excluding carboxylic acids is 1. The van der Waals surface area contributed by atoms with Crippen LogP contribution in [0.15, 0.2) is 24.3 Å². The van der Waals surface area contributed by atoms with Crippen molar-refractivity contribution < 1.29 is 17.9 Å². The lowest BCUT2D eigenvalue weighted by atomic mass is 10.2. The summed E-state index contributed by atoms with van der Waals surface area (Å²) in [6.45, 7) is 0.432. The minimum atomic E-state index is -3.54. The molecular weight excluding hydrogens is 336 g/mol. The number of sulfonamides is 1. The fourth-order valence-corrected chi connectivity index (χ4v) is 5.93. The number of nitrogens with zero attached hydrogens (tertiary/aromatic N) is 1. The lowest BCUT2D eigenvalue weighted by molar-refractivity contribution is -0.116. The van der Waals surface area contributed by atoms with Gasteiger partial charge < -0.3 is 10.1 Å². The van der Waals surface area contributed by atoms with Crippen LogP contribution >= 0.6 is 11.8 Å². The Morgan fingerprint density at radius 2 is 2.04 bits per heavy atom. The molecule has 124 valence electrons. The molecule has 1 N–H and O–H groups in total. The summed E-state index contributed by atoms with van der Waals surface area (Å²) in [5.41, 5.74) is 0.593. The first-order chi connectivity index (χ1) is 10.9. The second-order valence-electron chi connectivity index (χ2n) is 6.33. The number of hydrogen-bond acceptors (Lipinski definition) is 5. The molecule has 3 aliphatic rings. The fourth-order valence-electron chi connectivity index (χ4n) is 3.25. The molecule has 1 amide bonds. The monoisotopic (exact) mass is 354 g/mol. The fraction of sp³-hybridized carbons (Fsp3) is 0.533. The number of carbonyl (C=O) groups is 1. The molecule has 0 bridgehead atoms. The van der Waals surface area contributed by atoms with Gasteiger partial charge in [-0.3, -0.25) is 4.79 Å². The third-order valence-electron chi connectivity index (χ3n) is 4.80. The number of nitrogens with one attached hydrogen (secondary N) is 1. The highest BCUT2D eigenvalue weighted by Crippen LogP contribution is 2.57. The van der Waals surface area contributed by atoms with Crippen molar-refractivity contribution in [2.24, 2.45) is 5.92 Å². The Kier molecular flexibility index (Phi) is 3.40. The van der Waals surface area contributed by atoms with E-state index >= 15 is 0 Å². The molecule has 1 aliphatic carbocycles. The highest BCUT2D eigenvalue weighted by molar-refractivity contribution is 8.00. The van der Waals surface area contributed by atoms with Gasteiger partial charge in [-0.1, -0.05) is 0 Å². The smallest absolute Gasteiger partial charge is 0.247 e. The number of rotatable bonds is 4. The Hall–Kier alpha value is -1.25. The molecule has 0 aromatic heterocycles. The molecule has 1 aromatic carbocycles. The number of hydrogen-bond donors (Lipinski definition) is 1. The molecule has 0 spiro atoms. The summed E-state index contributed by atoms with van der Waals surface area (Å²) in [6, 6.07) is 7.10. The molecule has 1 aromatic rings. The van der Waals surface area contributed by atoms with Gasteiger partial charge in [-0.2, -0.15) is 11.8 Å². The van der Waals surface area contributed by atoms with Gasteiger partial charge in [-0.05, 0) is 30.7 Å². The molecule has 6 nitrogen and oxygen atoms in total. The van der Waals surface area contributed by atoms with Gasteiger partial charge in [0.1, 0.15) is 11.9 Å². The molecule has 2 saturated heterocycles. The van der Waals surface area contributed by atoms with Crippen LogP contribution in [0.25, 0.3) is 0 Å². The third-order valence-corrected chi connectivity index (χ3v) is 8.59. The molecule has 0 unspecified atom stereocenters. The van der Waals surface area contributed by atoms with E-state index in [0.29, 0.717) is 18.7 Å². The van der Waals surface area contributed by atoms with E-state index in [4.69, 9.17) is 4.74 Å². The SMILES string of the molecule is CN1C[C@@H]2C[C@@]2(C(=O)Nc2ccc(OC3CSC3)cc2)S1(=O)=O. The maximum absolute atomic E-state index is 12.5. The van der Waals surface area contributed by atoms with E-state index in [1.54, 1.807) is 24.3 Å². The molecule has 2 heterocycles. The van der Waals surface area contributed by atoms with Gasteiger partial charge in [0, 0.05) is 36.7 Å². The zero-order valence-corrected chi connectivity index (χ0v) is 14.3. The summed E-state index contributed by atoms with van der Waals surface area (Å²) in [7, 11) is -2.01. The standard InChI is InChI=1S/C15H18N2O4S2/c1-17-7-10-6-15(10,23(17,19)20)14(18)16-11-2-4-12(5-3-11)21-13-8-22-9-13/h2-5,10,13H,6-9H2,1H3,(H,16,18)/t10-,15+/m0/s1. The van der Waals surface area contributed by atoms with Crippen LogP contribution in [-0.2, 0) is 14.8 Å². The van der Waals surface area contributed by atoms with Gasteiger partial charge in [0.05, 0.1) is 0 Å². The second kappa shape index (κ2) is 5.12. The molecule has 8 heteroatoms. The van der Waals surface area contributed by atoms with Crippen LogP contribution in [0, 0.1) is 5.92 Å². The van der Waals surface area contributed by atoms with Gasteiger partial charge in [0.15, 0.2) is 4.75 Å². The van der Waals surface area contributed by atoms with Crippen molar-refractivity contribution in [2.75, 3.05) is 30.4 Å². The quantitative estimate of drug-likeness (QED) is 0.878. The maximum Gasteiger partial charge on any atom is 0.247 e. The number of ether oxygens (including phenoxy) is 1. The minimum absolute atomic E-state index is 0.0868. The Bertz CT molecular complexity index is 745. The van der Waals surface area contributed by atoms with Crippen LogP contribution in [0.5, 0.6) is 5.75 Å². The summed E-state index contributed by atoms with van der Waals surface area (Å²) in [5.74, 6) is 2.28. The van der Waals surface area contributed by atoms with E-state index in [1.807, 2.05) is 11.8 Å².